The summed E-state index contributed by atoms with van der Waals surface area (Å²) in [6.07, 6.45) is 0.896. The molecule has 0 aliphatic heterocycles. The maximum Gasteiger partial charge on any atom is 0.303 e. The first-order valence-corrected chi connectivity index (χ1v) is 4.49. The van der Waals surface area contributed by atoms with Crippen LogP contribution in [0.3, 0.4) is 0 Å². The molecule has 0 spiro atoms. The van der Waals surface area contributed by atoms with Gasteiger partial charge < -0.3 is 15.3 Å². The van der Waals surface area contributed by atoms with Crippen molar-refractivity contribution in [3.05, 3.63) is 0 Å². The topological polar surface area (TPSA) is 77.8 Å². The number of carbonyl (C=O) groups is 1. The van der Waals surface area contributed by atoms with Gasteiger partial charge in [0, 0.05) is 6.42 Å². The predicted molar refractivity (Wildman–Crippen MR) is 50.5 cm³/mol. The van der Waals surface area contributed by atoms with Crippen LogP contribution >= 0.6 is 0 Å². The number of unbranched alkanes of at least 4 members (excludes halogenated alkanes) is 1. The van der Waals surface area contributed by atoms with Crippen molar-refractivity contribution in [2.75, 3.05) is 0 Å². The molecule has 3 N–H and O–H groups in total. The molecule has 13 heavy (non-hydrogen) atoms. The van der Waals surface area contributed by atoms with Crippen molar-refractivity contribution in [1.82, 2.24) is 0 Å². The van der Waals surface area contributed by atoms with E-state index in [0.29, 0.717) is 6.42 Å². The second-order valence-electron chi connectivity index (χ2n) is 2.98. The van der Waals surface area contributed by atoms with Crippen molar-refractivity contribution < 1.29 is 20.1 Å². The zero-order valence-electron chi connectivity index (χ0n) is 8.53. The van der Waals surface area contributed by atoms with Crippen LogP contribution in [0.15, 0.2) is 0 Å². The van der Waals surface area contributed by atoms with Crippen LogP contribution < -0.4 is 0 Å². The summed E-state index contributed by atoms with van der Waals surface area (Å²) in [6.45, 7) is 5.07. The summed E-state index contributed by atoms with van der Waals surface area (Å²) in [5.41, 5.74) is 0. The van der Waals surface area contributed by atoms with Crippen LogP contribution in [0.1, 0.15) is 40.0 Å². The highest BCUT2D eigenvalue weighted by Crippen LogP contribution is 1.91. The SMILES string of the molecule is CC(O)C(C)O.CCCCC(=O)O. The molecular formula is C9H20O4. The van der Waals surface area contributed by atoms with Crippen molar-refractivity contribution in [3.8, 4) is 0 Å². The fraction of sp³-hybridized carbons (Fsp3) is 0.889. The summed E-state index contributed by atoms with van der Waals surface area (Å²) in [5.74, 6) is -0.693. The van der Waals surface area contributed by atoms with E-state index in [2.05, 4.69) is 0 Å². The fourth-order valence-electron chi connectivity index (χ4n) is 0.328. The highest BCUT2D eigenvalue weighted by Gasteiger charge is 1.99. The molecule has 4 heteroatoms. The molecule has 0 aliphatic rings. The molecule has 0 saturated carbocycles. The van der Waals surface area contributed by atoms with Crippen LogP contribution in [0.2, 0.25) is 0 Å². The van der Waals surface area contributed by atoms with E-state index in [9.17, 15) is 4.79 Å². The molecule has 0 bridgehead atoms. The number of aliphatic hydroxyl groups is 2. The Morgan fingerprint density at radius 2 is 1.62 bits per heavy atom. The van der Waals surface area contributed by atoms with Crippen LogP contribution in [0.5, 0.6) is 0 Å². The Kier molecular flexibility index (Phi) is 10.9. The lowest BCUT2D eigenvalue weighted by Crippen LogP contribution is -2.17. The Hall–Kier alpha value is -0.610. The van der Waals surface area contributed by atoms with E-state index in [1.165, 1.54) is 0 Å². The Balaban J connectivity index is 0. The maximum absolute atomic E-state index is 9.76. The number of hydrogen-bond donors (Lipinski definition) is 3. The summed E-state index contributed by atoms with van der Waals surface area (Å²) in [4.78, 5) is 9.76. The average Bonchev–Trinajstić information content (AvgIpc) is 2.01. The molecule has 0 radical (unpaired) electrons. The quantitative estimate of drug-likeness (QED) is 0.621. The molecule has 0 saturated heterocycles. The molecule has 0 fully saturated rings. The van der Waals surface area contributed by atoms with Gasteiger partial charge in [-0.05, 0) is 20.3 Å². The molecule has 0 aromatic heterocycles. The monoisotopic (exact) mass is 192 g/mol. The molecule has 0 amide bonds. The van der Waals surface area contributed by atoms with Crippen LogP contribution in [0, 0.1) is 0 Å². The van der Waals surface area contributed by atoms with Gasteiger partial charge in [0.05, 0.1) is 12.2 Å². The summed E-state index contributed by atoms with van der Waals surface area (Å²) in [7, 11) is 0. The van der Waals surface area contributed by atoms with Crippen molar-refractivity contribution in [1.29, 1.82) is 0 Å². The largest absolute Gasteiger partial charge is 0.481 e. The Bertz CT molecular complexity index is 115. The highest BCUT2D eigenvalue weighted by molar-refractivity contribution is 5.66. The Morgan fingerprint density at radius 3 is 1.69 bits per heavy atom. The standard InChI is InChI=1S/C5H10O2.C4H10O2/c1-2-3-4-5(6)7;1-3(5)4(2)6/h2-4H2,1H3,(H,6,7);3-6H,1-2H3. The smallest absolute Gasteiger partial charge is 0.303 e. The zero-order chi connectivity index (χ0) is 10.9. The molecule has 0 aliphatic carbocycles. The first-order valence-electron chi connectivity index (χ1n) is 4.49. The maximum atomic E-state index is 9.76. The summed E-state index contributed by atoms with van der Waals surface area (Å²) < 4.78 is 0. The molecule has 4 nitrogen and oxygen atoms in total. The Morgan fingerprint density at radius 1 is 1.23 bits per heavy atom. The number of rotatable bonds is 4. The van der Waals surface area contributed by atoms with Crippen LogP contribution in [0.25, 0.3) is 0 Å². The zero-order valence-corrected chi connectivity index (χ0v) is 8.53. The molecule has 80 valence electrons. The average molecular weight is 192 g/mol. The fourth-order valence-corrected chi connectivity index (χ4v) is 0.328. The summed E-state index contributed by atoms with van der Waals surface area (Å²) >= 11 is 0. The van der Waals surface area contributed by atoms with Crippen molar-refractivity contribution in [2.45, 2.75) is 52.2 Å². The van der Waals surface area contributed by atoms with Gasteiger partial charge in [0.25, 0.3) is 0 Å². The van der Waals surface area contributed by atoms with E-state index in [4.69, 9.17) is 15.3 Å². The summed E-state index contributed by atoms with van der Waals surface area (Å²) in [6, 6.07) is 0. The molecule has 0 rings (SSSR count). The number of hydrogen-bond acceptors (Lipinski definition) is 3. The number of carboxylic acid groups (broad SMARTS) is 1. The number of aliphatic hydroxyl groups excluding tert-OH is 2. The molecule has 0 heterocycles. The minimum atomic E-state index is -0.693. The first kappa shape index (κ1) is 14.9. The third-order valence-corrected chi connectivity index (χ3v) is 1.44. The lowest BCUT2D eigenvalue weighted by atomic mass is 10.3. The normalized spacial score (nSPS) is 13.9. The minimum absolute atomic E-state index is 0.316. The highest BCUT2D eigenvalue weighted by atomic mass is 16.4. The first-order chi connectivity index (χ1) is 5.91. The second kappa shape index (κ2) is 9.48. The second-order valence-corrected chi connectivity index (χ2v) is 2.98. The van der Waals surface area contributed by atoms with Crippen molar-refractivity contribution in [2.24, 2.45) is 0 Å². The van der Waals surface area contributed by atoms with Gasteiger partial charge in [-0.1, -0.05) is 13.3 Å². The van der Waals surface area contributed by atoms with Crippen molar-refractivity contribution >= 4 is 5.97 Å². The van der Waals surface area contributed by atoms with Gasteiger partial charge in [-0.15, -0.1) is 0 Å². The van der Waals surface area contributed by atoms with Crippen LogP contribution in [-0.2, 0) is 4.79 Å². The molecule has 0 aromatic carbocycles. The lowest BCUT2D eigenvalue weighted by molar-refractivity contribution is -0.137. The van der Waals surface area contributed by atoms with E-state index < -0.39 is 18.2 Å². The van der Waals surface area contributed by atoms with Crippen LogP contribution in [0.4, 0.5) is 0 Å². The van der Waals surface area contributed by atoms with Gasteiger partial charge in [-0.2, -0.15) is 0 Å². The van der Waals surface area contributed by atoms with Gasteiger partial charge >= 0.3 is 5.97 Å². The van der Waals surface area contributed by atoms with E-state index in [1.54, 1.807) is 13.8 Å². The van der Waals surface area contributed by atoms with Gasteiger partial charge in [0.2, 0.25) is 0 Å². The van der Waals surface area contributed by atoms with Gasteiger partial charge in [-0.3, -0.25) is 4.79 Å². The minimum Gasteiger partial charge on any atom is -0.481 e. The number of carboxylic acids is 1. The molecule has 2 unspecified atom stereocenters. The van der Waals surface area contributed by atoms with E-state index in [-0.39, 0.29) is 0 Å². The lowest BCUT2D eigenvalue weighted by Gasteiger charge is -2.03. The molecular weight excluding hydrogens is 172 g/mol. The van der Waals surface area contributed by atoms with Gasteiger partial charge in [-0.25, -0.2) is 0 Å². The van der Waals surface area contributed by atoms with E-state index in [1.807, 2.05) is 6.92 Å². The number of aliphatic carboxylic acids is 1. The molecule has 0 aromatic rings. The molecule has 2 atom stereocenters. The van der Waals surface area contributed by atoms with Crippen molar-refractivity contribution in [3.63, 3.8) is 0 Å². The third kappa shape index (κ3) is 18.4. The van der Waals surface area contributed by atoms with Gasteiger partial charge in [0.15, 0.2) is 0 Å². The van der Waals surface area contributed by atoms with Gasteiger partial charge in [0.1, 0.15) is 0 Å². The third-order valence-electron chi connectivity index (χ3n) is 1.44. The summed E-state index contributed by atoms with van der Waals surface area (Å²) in [5, 5.41) is 24.8. The Labute approximate surface area is 79.2 Å². The van der Waals surface area contributed by atoms with Crippen LogP contribution in [-0.4, -0.2) is 33.5 Å². The van der Waals surface area contributed by atoms with E-state index in [0.717, 1.165) is 12.8 Å². The van der Waals surface area contributed by atoms with E-state index >= 15 is 0 Å². The predicted octanol–water partition coefficient (Wildman–Crippen LogP) is 1.01.